The van der Waals surface area contributed by atoms with Crippen molar-refractivity contribution in [3.8, 4) is 5.75 Å². The molecule has 1 heterocycles. The summed E-state index contributed by atoms with van der Waals surface area (Å²) in [6.07, 6.45) is 0. The molecule has 0 unspecified atom stereocenters. The minimum atomic E-state index is -0.290. The minimum absolute atomic E-state index is 0.0582. The Bertz CT molecular complexity index is 642. The number of methoxy groups -OCH3 is 1. The molecule has 7 nitrogen and oxygen atoms in total. The lowest BCUT2D eigenvalue weighted by atomic mass is 10.1. The molecule has 0 saturated heterocycles. The molecule has 1 aromatic heterocycles. The van der Waals surface area contributed by atoms with Gasteiger partial charge in [0, 0.05) is 6.54 Å². The summed E-state index contributed by atoms with van der Waals surface area (Å²) in [7, 11) is 5.59. The van der Waals surface area contributed by atoms with Gasteiger partial charge in [-0.2, -0.15) is 0 Å². The van der Waals surface area contributed by atoms with Crippen molar-refractivity contribution < 1.29 is 9.53 Å². The largest absolute Gasteiger partial charge is 0.497 e. The van der Waals surface area contributed by atoms with Crippen LogP contribution < -0.4 is 15.4 Å². The smallest absolute Gasteiger partial charge is 0.321 e. The first kappa shape index (κ1) is 17.2. The Morgan fingerprint density at radius 3 is 2.52 bits per heavy atom. The van der Waals surface area contributed by atoms with Crippen molar-refractivity contribution in [2.45, 2.75) is 13.0 Å². The highest BCUT2D eigenvalue weighted by Crippen LogP contribution is 2.21. The van der Waals surface area contributed by atoms with Gasteiger partial charge in [-0.15, -0.1) is 10.2 Å². The Morgan fingerprint density at radius 1 is 1.30 bits per heavy atom. The van der Waals surface area contributed by atoms with Crippen LogP contribution in [0.15, 0.2) is 24.3 Å². The van der Waals surface area contributed by atoms with Crippen LogP contribution in [0.5, 0.6) is 5.75 Å². The highest BCUT2D eigenvalue weighted by molar-refractivity contribution is 7.15. The number of urea groups is 1. The Hall–Kier alpha value is -2.19. The molecule has 2 N–H and O–H groups in total. The fourth-order valence-electron chi connectivity index (χ4n) is 2.10. The summed E-state index contributed by atoms with van der Waals surface area (Å²) in [6, 6.07) is 7.59. The van der Waals surface area contributed by atoms with E-state index in [1.807, 2.05) is 45.3 Å². The maximum atomic E-state index is 12.0. The van der Waals surface area contributed by atoms with Gasteiger partial charge in [-0.3, -0.25) is 5.32 Å². The van der Waals surface area contributed by atoms with Crippen LogP contribution in [0, 0.1) is 6.92 Å². The molecule has 2 aromatic rings. The summed E-state index contributed by atoms with van der Waals surface area (Å²) < 4.78 is 5.17. The van der Waals surface area contributed by atoms with Gasteiger partial charge in [-0.05, 0) is 38.7 Å². The molecule has 23 heavy (non-hydrogen) atoms. The van der Waals surface area contributed by atoms with Gasteiger partial charge in [-0.1, -0.05) is 23.5 Å². The third kappa shape index (κ3) is 4.90. The minimum Gasteiger partial charge on any atom is -0.497 e. The lowest BCUT2D eigenvalue weighted by Crippen LogP contribution is -2.36. The fourth-order valence-corrected chi connectivity index (χ4v) is 2.69. The van der Waals surface area contributed by atoms with E-state index in [1.165, 1.54) is 11.3 Å². The molecule has 8 heteroatoms. The van der Waals surface area contributed by atoms with Crippen molar-refractivity contribution in [2.75, 3.05) is 33.1 Å². The van der Waals surface area contributed by atoms with Gasteiger partial charge in [0.15, 0.2) is 0 Å². The van der Waals surface area contributed by atoms with Gasteiger partial charge in [0.1, 0.15) is 10.8 Å². The topological polar surface area (TPSA) is 79.4 Å². The van der Waals surface area contributed by atoms with Gasteiger partial charge < -0.3 is 15.0 Å². The molecule has 0 bridgehead atoms. The quantitative estimate of drug-likeness (QED) is 0.847. The molecule has 0 aliphatic carbocycles. The van der Waals surface area contributed by atoms with E-state index in [2.05, 4.69) is 25.7 Å². The molecule has 2 rings (SSSR count). The van der Waals surface area contributed by atoms with Gasteiger partial charge in [-0.25, -0.2) is 4.79 Å². The number of nitrogens with zero attached hydrogens (tertiary/aromatic N) is 3. The third-order valence-electron chi connectivity index (χ3n) is 3.33. The predicted molar refractivity (Wildman–Crippen MR) is 91.1 cm³/mol. The highest BCUT2D eigenvalue weighted by atomic mass is 32.1. The van der Waals surface area contributed by atoms with Gasteiger partial charge in [0.05, 0.1) is 13.2 Å². The lowest BCUT2D eigenvalue weighted by molar-refractivity contribution is 0.243. The van der Waals surface area contributed by atoms with E-state index in [1.54, 1.807) is 7.11 Å². The highest BCUT2D eigenvalue weighted by Gasteiger charge is 2.16. The third-order valence-corrected chi connectivity index (χ3v) is 4.08. The van der Waals surface area contributed by atoms with Crippen LogP contribution in [0.3, 0.4) is 0 Å². The first-order chi connectivity index (χ1) is 11.0. The molecule has 124 valence electrons. The molecule has 0 aliphatic rings. The van der Waals surface area contributed by atoms with Crippen LogP contribution in [0.1, 0.15) is 16.6 Å². The van der Waals surface area contributed by atoms with Crippen molar-refractivity contribution in [3.05, 3.63) is 34.8 Å². The Morgan fingerprint density at radius 2 is 2.00 bits per heavy atom. The van der Waals surface area contributed by atoms with Crippen LogP contribution in [-0.2, 0) is 0 Å². The van der Waals surface area contributed by atoms with Crippen LogP contribution in [-0.4, -0.2) is 48.9 Å². The molecule has 0 radical (unpaired) electrons. The number of carbonyl (C=O) groups excluding carboxylic acids is 1. The van der Waals surface area contributed by atoms with E-state index >= 15 is 0 Å². The fraction of sp³-hybridized carbons (Fsp3) is 0.400. The zero-order chi connectivity index (χ0) is 16.8. The molecule has 0 saturated carbocycles. The van der Waals surface area contributed by atoms with E-state index in [-0.39, 0.29) is 12.1 Å². The van der Waals surface area contributed by atoms with E-state index in [0.29, 0.717) is 11.7 Å². The van der Waals surface area contributed by atoms with E-state index in [0.717, 1.165) is 16.3 Å². The summed E-state index contributed by atoms with van der Waals surface area (Å²) in [6.45, 7) is 2.31. The summed E-state index contributed by atoms with van der Waals surface area (Å²) in [5, 5.41) is 14.6. The van der Waals surface area contributed by atoms with Crippen LogP contribution in [0.2, 0.25) is 0 Å². The average Bonchev–Trinajstić information content (AvgIpc) is 2.92. The van der Waals surface area contributed by atoms with Gasteiger partial charge in [0.2, 0.25) is 5.13 Å². The predicted octanol–water partition coefficient (Wildman–Crippen LogP) is 2.28. The second-order valence-corrected chi connectivity index (χ2v) is 6.40. The molecular weight excluding hydrogens is 314 g/mol. The molecule has 0 spiro atoms. The molecular formula is C15H21N5O2S. The van der Waals surface area contributed by atoms with E-state index in [9.17, 15) is 4.79 Å². The first-order valence-electron chi connectivity index (χ1n) is 7.15. The van der Waals surface area contributed by atoms with Crippen LogP contribution >= 0.6 is 11.3 Å². The summed E-state index contributed by atoms with van der Waals surface area (Å²) in [5.74, 6) is 0.809. The number of aromatic nitrogens is 2. The molecule has 0 fully saturated rings. The standard InChI is InChI=1S/C15H21N5O2S/c1-10-18-19-15(23-10)17-14(21)16-9-13(20(2)3)11-5-7-12(22-4)8-6-11/h5-8,13H,9H2,1-4H3,(H2,16,17,19,21)/t13-/m0/s1. The number of hydrogen-bond donors (Lipinski definition) is 2. The number of hydrogen-bond acceptors (Lipinski definition) is 6. The normalized spacial score (nSPS) is 12.0. The SMILES string of the molecule is COc1ccc([C@H](CNC(=O)Nc2nnc(C)s2)N(C)C)cc1. The van der Waals surface area contributed by atoms with Crippen LogP contribution in [0.25, 0.3) is 0 Å². The number of benzene rings is 1. The van der Waals surface area contributed by atoms with Crippen LogP contribution in [0.4, 0.5) is 9.93 Å². The van der Waals surface area contributed by atoms with Crippen molar-refractivity contribution >= 4 is 22.5 Å². The Balaban J connectivity index is 1.94. The zero-order valence-corrected chi connectivity index (χ0v) is 14.5. The number of amides is 2. The van der Waals surface area contributed by atoms with E-state index in [4.69, 9.17) is 4.74 Å². The van der Waals surface area contributed by atoms with E-state index < -0.39 is 0 Å². The van der Waals surface area contributed by atoms with Crippen molar-refractivity contribution in [1.82, 2.24) is 20.4 Å². The Labute approximate surface area is 139 Å². The average molecular weight is 335 g/mol. The van der Waals surface area contributed by atoms with Crippen molar-refractivity contribution in [1.29, 1.82) is 0 Å². The zero-order valence-electron chi connectivity index (χ0n) is 13.7. The maximum absolute atomic E-state index is 12.0. The molecule has 0 aliphatic heterocycles. The molecule has 1 aromatic carbocycles. The maximum Gasteiger partial charge on any atom is 0.321 e. The Kier molecular flexibility index (Phi) is 5.89. The van der Waals surface area contributed by atoms with Crippen molar-refractivity contribution in [2.24, 2.45) is 0 Å². The summed E-state index contributed by atoms with van der Waals surface area (Å²) in [4.78, 5) is 14.0. The lowest BCUT2D eigenvalue weighted by Gasteiger charge is -2.25. The van der Waals surface area contributed by atoms with Crippen molar-refractivity contribution in [3.63, 3.8) is 0 Å². The second-order valence-electron chi connectivity index (χ2n) is 5.21. The number of carbonyl (C=O) groups is 1. The number of ether oxygens (including phenoxy) is 1. The number of nitrogens with one attached hydrogen (secondary N) is 2. The summed E-state index contributed by atoms with van der Waals surface area (Å²) in [5.41, 5.74) is 1.10. The second kappa shape index (κ2) is 7.89. The molecule has 2 amide bonds. The monoisotopic (exact) mass is 335 g/mol. The van der Waals surface area contributed by atoms with Gasteiger partial charge in [0.25, 0.3) is 0 Å². The van der Waals surface area contributed by atoms with Gasteiger partial charge >= 0.3 is 6.03 Å². The number of rotatable bonds is 6. The molecule has 1 atom stereocenters. The number of likely N-dealkylation sites (N-methyl/N-ethyl adjacent to an activating group) is 1. The summed E-state index contributed by atoms with van der Waals surface area (Å²) >= 11 is 1.34. The first-order valence-corrected chi connectivity index (χ1v) is 7.96. The number of aryl methyl sites for hydroxylation is 1. The number of anilines is 1.